The van der Waals surface area contributed by atoms with E-state index in [0.29, 0.717) is 0 Å². The Hall–Kier alpha value is -0.0431. The van der Waals surface area contributed by atoms with Gasteiger partial charge in [0.1, 0.15) is 0 Å². The van der Waals surface area contributed by atoms with E-state index in [1.165, 1.54) is 25.7 Å². The third kappa shape index (κ3) is 2.22. The Kier molecular flexibility index (Phi) is 3.16. The second-order valence-electron chi connectivity index (χ2n) is 5.17. The van der Waals surface area contributed by atoms with E-state index in [9.17, 15) is 0 Å². The Morgan fingerprint density at radius 1 is 1.25 bits per heavy atom. The molecule has 0 amide bonds. The van der Waals surface area contributed by atoms with Crippen LogP contribution >= 0.6 is 0 Å². The van der Waals surface area contributed by atoms with Crippen molar-refractivity contribution in [1.29, 1.82) is 0 Å². The molecule has 0 aromatic carbocycles. The van der Waals surface area contributed by atoms with Crippen LogP contribution in [0, 0.1) is 5.92 Å². The highest BCUT2D eigenvalue weighted by Gasteiger charge is 2.32. The van der Waals surface area contributed by atoms with E-state index < -0.39 is 8.07 Å². The summed E-state index contributed by atoms with van der Waals surface area (Å²) in [6.45, 7) is 11.4. The summed E-state index contributed by atoms with van der Waals surface area (Å²) < 4.78 is 0. The maximum absolute atomic E-state index is 4.01. The predicted octanol–water partition coefficient (Wildman–Crippen LogP) is 4.07. The lowest BCUT2D eigenvalue weighted by Crippen LogP contribution is -2.31. The van der Waals surface area contributed by atoms with Crippen LogP contribution in [-0.4, -0.2) is 8.07 Å². The zero-order valence-electron chi connectivity index (χ0n) is 8.77. The summed E-state index contributed by atoms with van der Waals surface area (Å²) in [6, 6.07) is 0. The van der Waals surface area contributed by atoms with Crippen LogP contribution < -0.4 is 0 Å². The second-order valence-corrected chi connectivity index (χ2v) is 10.6. The first-order valence-electron chi connectivity index (χ1n) is 5.18. The summed E-state index contributed by atoms with van der Waals surface area (Å²) in [4.78, 5) is 0. The fourth-order valence-corrected chi connectivity index (χ4v) is 5.02. The molecule has 0 nitrogen and oxygen atoms in total. The molecule has 0 aliphatic heterocycles. The minimum atomic E-state index is -0.970. The van der Waals surface area contributed by atoms with Gasteiger partial charge in [0, 0.05) is 0 Å². The molecule has 0 saturated heterocycles. The first kappa shape index (κ1) is 10.0. The lowest BCUT2D eigenvalue weighted by atomic mass is 10.0. The van der Waals surface area contributed by atoms with Crippen molar-refractivity contribution < 1.29 is 0 Å². The highest BCUT2D eigenvalue weighted by molar-refractivity contribution is 6.78. The summed E-state index contributed by atoms with van der Waals surface area (Å²) in [5, 5.41) is 0. The molecule has 1 aliphatic carbocycles. The van der Waals surface area contributed by atoms with Crippen molar-refractivity contribution in [2.24, 2.45) is 5.92 Å². The van der Waals surface area contributed by atoms with Crippen molar-refractivity contribution in [2.45, 2.75) is 50.9 Å². The SMILES string of the molecule is C=C[C@H](C1CCCC1)[Si](C)(C)C. The minimum Gasteiger partial charge on any atom is -0.103 e. The fraction of sp³-hybridized carbons (Fsp3) is 0.818. The van der Waals surface area contributed by atoms with Crippen LogP contribution in [0.25, 0.3) is 0 Å². The third-order valence-electron chi connectivity index (χ3n) is 3.16. The van der Waals surface area contributed by atoms with Crippen LogP contribution in [0.4, 0.5) is 0 Å². The van der Waals surface area contributed by atoms with Gasteiger partial charge in [-0.15, -0.1) is 6.58 Å². The molecule has 1 saturated carbocycles. The molecule has 0 unspecified atom stereocenters. The smallest absolute Gasteiger partial charge is 0.0517 e. The Balaban J connectivity index is 2.60. The highest BCUT2D eigenvalue weighted by Crippen LogP contribution is 2.40. The Morgan fingerprint density at radius 3 is 2.08 bits per heavy atom. The fourth-order valence-electron chi connectivity index (χ4n) is 2.57. The molecule has 1 atom stereocenters. The van der Waals surface area contributed by atoms with Gasteiger partial charge in [-0.3, -0.25) is 0 Å². The van der Waals surface area contributed by atoms with Crippen molar-refractivity contribution in [3.05, 3.63) is 12.7 Å². The summed E-state index contributed by atoms with van der Waals surface area (Å²) in [5.41, 5.74) is 0.861. The Morgan fingerprint density at radius 2 is 1.75 bits per heavy atom. The summed E-state index contributed by atoms with van der Waals surface area (Å²) in [6.07, 6.45) is 8.07. The quantitative estimate of drug-likeness (QED) is 0.456. The van der Waals surface area contributed by atoms with Gasteiger partial charge in [-0.25, -0.2) is 0 Å². The Labute approximate surface area is 78.1 Å². The second kappa shape index (κ2) is 3.78. The molecule has 1 rings (SSSR count). The van der Waals surface area contributed by atoms with Crippen molar-refractivity contribution in [3.8, 4) is 0 Å². The maximum Gasteiger partial charge on any atom is 0.0517 e. The van der Waals surface area contributed by atoms with Gasteiger partial charge >= 0.3 is 0 Å². The number of hydrogen-bond donors (Lipinski definition) is 0. The van der Waals surface area contributed by atoms with Crippen LogP contribution in [0.2, 0.25) is 25.2 Å². The molecule has 0 heterocycles. The molecule has 70 valence electrons. The third-order valence-corrected chi connectivity index (χ3v) is 5.87. The molecule has 1 fully saturated rings. The van der Waals surface area contributed by atoms with E-state index >= 15 is 0 Å². The van der Waals surface area contributed by atoms with Gasteiger partial charge in [-0.2, -0.15) is 0 Å². The van der Waals surface area contributed by atoms with Gasteiger partial charge in [0.25, 0.3) is 0 Å². The zero-order chi connectivity index (χ0) is 9.19. The molecular formula is C11H22Si. The molecule has 0 aromatic heterocycles. The lowest BCUT2D eigenvalue weighted by molar-refractivity contribution is 0.546. The van der Waals surface area contributed by atoms with Gasteiger partial charge in [-0.05, 0) is 11.5 Å². The van der Waals surface area contributed by atoms with Gasteiger partial charge < -0.3 is 0 Å². The molecule has 0 N–H and O–H groups in total. The first-order valence-corrected chi connectivity index (χ1v) is 8.76. The molecule has 0 bridgehead atoms. The molecule has 0 aromatic rings. The number of hydrogen-bond acceptors (Lipinski definition) is 0. The van der Waals surface area contributed by atoms with E-state index in [1.54, 1.807) is 0 Å². The molecule has 0 spiro atoms. The minimum absolute atomic E-state index is 0.861. The number of rotatable bonds is 3. The van der Waals surface area contributed by atoms with Gasteiger partial charge in [0.05, 0.1) is 8.07 Å². The molecule has 1 heteroatoms. The molecule has 12 heavy (non-hydrogen) atoms. The van der Waals surface area contributed by atoms with Crippen molar-refractivity contribution in [2.75, 3.05) is 0 Å². The summed E-state index contributed by atoms with van der Waals surface area (Å²) in [7, 11) is -0.970. The molecular weight excluding hydrogens is 160 g/mol. The van der Waals surface area contributed by atoms with E-state index in [0.717, 1.165) is 11.5 Å². The Bertz CT molecular complexity index is 149. The van der Waals surface area contributed by atoms with Crippen molar-refractivity contribution in [3.63, 3.8) is 0 Å². The largest absolute Gasteiger partial charge is 0.103 e. The zero-order valence-corrected chi connectivity index (χ0v) is 9.77. The van der Waals surface area contributed by atoms with Crippen molar-refractivity contribution in [1.82, 2.24) is 0 Å². The summed E-state index contributed by atoms with van der Waals surface area (Å²) >= 11 is 0. The highest BCUT2D eigenvalue weighted by atomic mass is 28.3. The standard InChI is InChI=1S/C11H22Si/c1-5-11(12(2,3)4)10-8-6-7-9-10/h5,10-11H,1,6-9H2,2-4H3/t11-/m1/s1. The normalized spacial score (nSPS) is 22.6. The van der Waals surface area contributed by atoms with Crippen LogP contribution in [0.15, 0.2) is 12.7 Å². The van der Waals surface area contributed by atoms with E-state index in [2.05, 4.69) is 32.3 Å². The van der Waals surface area contributed by atoms with Crippen LogP contribution in [0.5, 0.6) is 0 Å². The van der Waals surface area contributed by atoms with Crippen LogP contribution in [0.3, 0.4) is 0 Å². The molecule has 0 radical (unpaired) electrons. The maximum atomic E-state index is 4.01. The lowest BCUT2D eigenvalue weighted by Gasteiger charge is -2.31. The van der Waals surface area contributed by atoms with E-state index in [1.807, 2.05) is 0 Å². The molecule has 1 aliphatic rings. The van der Waals surface area contributed by atoms with Crippen LogP contribution in [-0.2, 0) is 0 Å². The van der Waals surface area contributed by atoms with Crippen molar-refractivity contribution >= 4 is 8.07 Å². The van der Waals surface area contributed by atoms with Gasteiger partial charge in [0.2, 0.25) is 0 Å². The topological polar surface area (TPSA) is 0 Å². The average Bonchev–Trinajstić information content (AvgIpc) is 2.38. The average molecular weight is 182 g/mol. The van der Waals surface area contributed by atoms with E-state index in [4.69, 9.17) is 0 Å². The number of allylic oxidation sites excluding steroid dienone is 1. The predicted molar refractivity (Wildman–Crippen MR) is 59.3 cm³/mol. The summed E-state index contributed by atoms with van der Waals surface area (Å²) in [5.74, 6) is 0.981. The van der Waals surface area contributed by atoms with Crippen LogP contribution in [0.1, 0.15) is 25.7 Å². The first-order chi connectivity index (χ1) is 5.55. The van der Waals surface area contributed by atoms with Gasteiger partial charge in [-0.1, -0.05) is 51.4 Å². The van der Waals surface area contributed by atoms with Gasteiger partial charge in [0.15, 0.2) is 0 Å². The monoisotopic (exact) mass is 182 g/mol. The van der Waals surface area contributed by atoms with E-state index in [-0.39, 0.29) is 0 Å².